The second-order valence-corrected chi connectivity index (χ2v) is 4.34. The van der Waals surface area contributed by atoms with Crippen molar-refractivity contribution in [2.75, 3.05) is 44.4 Å². The number of carbonyl (C=O) groups is 1. The molecule has 0 unspecified atom stereocenters. The largest absolute Gasteiger partial charge is 0.486 e. The van der Waals surface area contributed by atoms with E-state index < -0.39 is 0 Å². The van der Waals surface area contributed by atoms with Gasteiger partial charge in [-0.3, -0.25) is 4.79 Å². The summed E-state index contributed by atoms with van der Waals surface area (Å²) in [5.74, 6) is 1.31. The van der Waals surface area contributed by atoms with Gasteiger partial charge in [0, 0.05) is 25.7 Å². The molecule has 19 heavy (non-hydrogen) atoms. The monoisotopic (exact) mass is 265 g/mol. The molecule has 1 aromatic carbocycles. The summed E-state index contributed by atoms with van der Waals surface area (Å²) in [6.07, 6.45) is 0. The predicted octanol–water partition coefficient (Wildman–Crippen LogP) is 0.930. The van der Waals surface area contributed by atoms with Gasteiger partial charge in [0.15, 0.2) is 11.5 Å². The Morgan fingerprint density at radius 2 is 2.00 bits per heavy atom. The summed E-state index contributed by atoms with van der Waals surface area (Å²) in [4.78, 5) is 13.4. The van der Waals surface area contributed by atoms with Crippen molar-refractivity contribution in [3.63, 3.8) is 0 Å². The van der Waals surface area contributed by atoms with Crippen LogP contribution in [-0.2, 0) is 4.79 Å². The maximum absolute atomic E-state index is 11.7. The third-order valence-corrected chi connectivity index (χ3v) is 3.04. The summed E-state index contributed by atoms with van der Waals surface area (Å²) < 4.78 is 10.9. The summed E-state index contributed by atoms with van der Waals surface area (Å²) in [7, 11) is 1.76. The number of nitrogens with zero attached hydrogens (tertiary/aromatic N) is 1. The molecule has 1 aliphatic heterocycles. The Bertz CT molecular complexity index is 476. The number of ether oxygens (including phenoxy) is 2. The quantitative estimate of drug-likeness (QED) is 0.792. The van der Waals surface area contributed by atoms with Crippen LogP contribution in [0, 0.1) is 0 Å². The normalized spacial score (nSPS) is 12.9. The Morgan fingerprint density at radius 3 is 2.63 bits per heavy atom. The number of nitrogen functional groups attached to an aromatic ring is 1. The van der Waals surface area contributed by atoms with Gasteiger partial charge < -0.3 is 25.4 Å². The molecule has 0 spiro atoms. The van der Waals surface area contributed by atoms with E-state index in [9.17, 15) is 4.79 Å². The van der Waals surface area contributed by atoms with Crippen LogP contribution in [0.4, 0.5) is 11.4 Å². The maximum Gasteiger partial charge on any atom is 0.241 e. The van der Waals surface area contributed by atoms with Crippen molar-refractivity contribution in [1.29, 1.82) is 0 Å². The fraction of sp³-hybridized carbons (Fsp3) is 0.462. The molecule has 0 saturated carbocycles. The number of hydrogen-bond acceptors (Lipinski definition) is 5. The van der Waals surface area contributed by atoms with Gasteiger partial charge in [-0.2, -0.15) is 0 Å². The molecular formula is C13H19N3O3. The van der Waals surface area contributed by atoms with Crippen LogP contribution in [0.1, 0.15) is 6.92 Å². The van der Waals surface area contributed by atoms with E-state index in [0.29, 0.717) is 42.6 Å². The Hall–Kier alpha value is -2.11. The van der Waals surface area contributed by atoms with Gasteiger partial charge >= 0.3 is 0 Å². The fourth-order valence-corrected chi connectivity index (χ4v) is 1.74. The van der Waals surface area contributed by atoms with E-state index in [4.69, 9.17) is 15.2 Å². The smallest absolute Gasteiger partial charge is 0.241 e. The number of amides is 1. The molecule has 2 rings (SSSR count). The SMILES string of the molecule is CCN(C)C(=O)CNc1cc2c(cc1N)OCCO2. The standard InChI is InChI=1S/C13H19N3O3/c1-3-16(2)13(17)8-15-10-7-12-11(6-9(10)14)18-4-5-19-12/h6-7,15H,3-5,8,14H2,1-2H3. The summed E-state index contributed by atoms with van der Waals surface area (Å²) in [6.45, 7) is 3.86. The van der Waals surface area contributed by atoms with Gasteiger partial charge in [0.25, 0.3) is 0 Å². The topological polar surface area (TPSA) is 76.8 Å². The molecule has 0 radical (unpaired) electrons. The highest BCUT2D eigenvalue weighted by Gasteiger charge is 2.15. The van der Waals surface area contributed by atoms with Gasteiger partial charge in [0.05, 0.1) is 17.9 Å². The van der Waals surface area contributed by atoms with E-state index in [-0.39, 0.29) is 12.5 Å². The molecule has 0 bridgehead atoms. The van der Waals surface area contributed by atoms with Crippen molar-refractivity contribution >= 4 is 17.3 Å². The van der Waals surface area contributed by atoms with Crippen molar-refractivity contribution < 1.29 is 14.3 Å². The number of nitrogens with one attached hydrogen (secondary N) is 1. The van der Waals surface area contributed by atoms with Crippen molar-refractivity contribution in [2.24, 2.45) is 0 Å². The summed E-state index contributed by atoms with van der Waals surface area (Å²) >= 11 is 0. The average molecular weight is 265 g/mol. The van der Waals surface area contributed by atoms with Crippen LogP contribution < -0.4 is 20.5 Å². The maximum atomic E-state index is 11.7. The van der Waals surface area contributed by atoms with E-state index in [1.165, 1.54) is 0 Å². The first-order valence-electron chi connectivity index (χ1n) is 6.28. The van der Waals surface area contributed by atoms with Crippen LogP contribution in [0.2, 0.25) is 0 Å². The van der Waals surface area contributed by atoms with E-state index in [1.807, 2.05) is 6.92 Å². The average Bonchev–Trinajstić information content (AvgIpc) is 2.43. The van der Waals surface area contributed by atoms with Crippen molar-refractivity contribution in [3.8, 4) is 11.5 Å². The number of carbonyl (C=O) groups excluding carboxylic acids is 1. The van der Waals surface area contributed by atoms with Crippen LogP contribution in [0.15, 0.2) is 12.1 Å². The summed E-state index contributed by atoms with van der Waals surface area (Å²) in [5.41, 5.74) is 7.14. The first-order valence-corrected chi connectivity index (χ1v) is 6.28. The molecular weight excluding hydrogens is 246 g/mol. The number of benzene rings is 1. The molecule has 0 aromatic heterocycles. The second-order valence-electron chi connectivity index (χ2n) is 4.34. The Labute approximate surface area is 112 Å². The molecule has 0 aliphatic carbocycles. The molecule has 1 amide bonds. The highest BCUT2D eigenvalue weighted by molar-refractivity contribution is 5.83. The van der Waals surface area contributed by atoms with Crippen LogP contribution in [0.25, 0.3) is 0 Å². The van der Waals surface area contributed by atoms with Gasteiger partial charge in [-0.1, -0.05) is 0 Å². The van der Waals surface area contributed by atoms with Crippen LogP contribution in [0.3, 0.4) is 0 Å². The predicted molar refractivity (Wildman–Crippen MR) is 73.6 cm³/mol. The number of rotatable bonds is 4. The molecule has 0 atom stereocenters. The van der Waals surface area contributed by atoms with Gasteiger partial charge in [-0.15, -0.1) is 0 Å². The molecule has 1 heterocycles. The third-order valence-electron chi connectivity index (χ3n) is 3.04. The zero-order valence-electron chi connectivity index (χ0n) is 11.2. The Balaban J connectivity index is 2.06. The van der Waals surface area contributed by atoms with E-state index in [0.717, 1.165) is 0 Å². The number of likely N-dealkylation sites (N-methyl/N-ethyl adjacent to an activating group) is 1. The lowest BCUT2D eigenvalue weighted by molar-refractivity contribution is -0.127. The zero-order valence-corrected chi connectivity index (χ0v) is 11.2. The first kappa shape index (κ1) is 13.3. The minimum absolute atomic E-state index is 0.0109. The van der Waals surface area contributed by atoms with Crippen LogP contribution in [-0.4, -0.2) is 44.2 Å². The van der Waals surface area contributed by atoms with Crippen molar-refractivity contribution in [2.45, 2.75) is 6.92 Å². The third kappa shape index (κ3) is 3.01. The Morgan fingerprint density at radius 1 is 1.37 bits per heavy atom. The molecule has 6 heteroatoms. The van der Waals surface area contributed by atoms with Crippen molar-refractivity contribution in [3.05, 3.63) is 12.1 Å². The zero-order chi connectivity index (χ0) is 13.8. The fourth-order valence-electron chi connectivity index (χ4n) is 1.74. The van der Waals surface area contributed by atoms with Gasteiger partial charge in [0.2, 0.25) is 5.91 Å². The molecule has 0 saturated heterocycles. The second kappa shape index (κ2) is 5.69. The van der Waals surface area contributed by atoms with E-state index >= 15 is 0 Å². The number of anilines is 2. The Kier molecular flexibility index (Phi) is 3.99. The first-order chi connectivity index (χ1) is 9.11. The number of fused-ring (bicyclic) bond motifs is 1. The molecule has 0 fully saturated rings. The van der Waals surface area contributed by atoms with Gasteiger partial charge in [-0.25, -0.2) is 0 Å². The lowest BCUT2D eigenvalue weighted by Crippen LogP contribution is -2.32. The molecule has 1 aliphatic rings. The summed E-state index contributed by atoms with van der Waals surface area (Å²) in [5, 5.41) is 3.03. The number of nitrogens with two attached hydrogens (primary N) is 1. The highest BCUT2D eigenvalue weighted by Crippen LogP contribution is 2.36. The minimum Gasteiger partial charge on any atom is -0.486 e. The van der Waals surface area contributed by atoms with Crippen molar-refractivity contribution in [1.82, 2.24) is 4.90 Å². The lowest BCUT2D eigenvalue weighted by atomic mass is 10.2. The van der Waals surface area contributed by atoms with E-state index in [2.05, 4.69) is 5.32 Å². The highest BCUT2D eigenvalue weighted by atomic mass is 16.6. The summed E-state index contributed by atoms with van der Waals surface area (Å²) in [6, 6.07) is 3.48. The van der Waals surface area contributed by atoms with Crippen LogP contribution in [0.5, 0.6) is 11.5 Å². The minimum atomic E-state index is 0.0109. The molecule has 1 aromatic rings. The van der Waals surface area contributed by atoms with E-state index in [1.54, 1.807) is 24.1 Å². The van der Waals surface area contributed by atoms with Gasteiger partial charge in [0.1, 0.15) is 13.2 Å². The molecule has 6 nitrogen and oxygen atoms in total. The lowest BCUT2D eigenvalue weighted by Gasteiger charge is -2.21. The molecule has 104 valence electrons. The van der Waals surface area contributed by atoms with Crippen LogP contribution >= 0.6 is 0 Å². The number of hydrogen-bond donors (Lipinski definition) is 2. The molecule has 3 N–H and O–H groups in total. The van der Waals surface area contributed by atoms with Gasteiger partial charge in [-0.05, 0) is 6.92 Å².